The molecule has 3 aliphatic rings. The van der Waals surface area contributed by atoms with Crippen LogP contribution in [0.1, 0.15) is 96.3 Å². The van der Waals surface area contributed by atoms with Crippen LogP contribution in [0.3, 0.4) is 0 Å². The Balaban J connectivity index is 1.26. The Bertz CT molecular complexity index is 1780. The molecule has 6 atom stereocenters. The first-order valence-corrected chi connectivity index (χ1v) is 18.8. The predicted octanol–water partition coefficient (Wildman–Crippen LogP) is 6.71. The predicted molar refractivity (Wildman–Crippen MR) is 198 cm³/mol. The number of nitrogens with zero attached hydrogens (tertiary/aromatic N) is 1. The van der Waals surface area contributed by atoms with Crippen molar-refractivity contribution in [2.45, 2.75) is 83.0 Å². The number of hydrogen-bond acceptors (Lipinski definition) is 11. The number of carbonyl (C=O) groups excluding carboxylic acids is 3. The van der Waals surface area contributed by atoms with Crippen LogP contribution in [0.4, 0.5) is 0 Å². The smallest absolute Gasteiger partial charge is 0.338 e. The van der Waals surface area contributed by atoms with Crippen LogP contribution in [0, 0.1) is 17.8 Å². The molecule has 2 fully saturated rings. The van der Waals surface area contributed by atoms with Gasteiger partial charge >= 0.3 is 11.9 Å². The third-order valence-corrected chi connectivity index (χ3v) is 11.7. The lowest BCUT2D eigenvalue weighted by molar-refractivity contribution is -0.176. The van der Waals surface area contributed by atoms with Crippen molar-refractivity contribution in [1.82, 2.24) is 9.88 Å². The summed E-state index contributed by atoms with van der Waals surface area (Å²) in [7, 11) is 9.01. The molecular formula is C41H54N2O10. The van der Waals surface area contributed by atoms with Crippen molar-refractivity contribution in [1.29, 1.82) is 0 Å². The fourth-order valence-corrected chi connectivity index (χ4v) is 9.09. The standard InChI is InChI=1S/C41H54N2O10/c1-8-9-10-11-12-13-31(44)28-19-27-25-14-15-43-22-24-18-35(53-40(45)23-16-33(48-3)38(50-5)34(17-23)49-4)39(51-6)36(41(46)52-7)26(24)20-30(43)37(25)42-29(27)21-32(28)47-2/h16-17,19,21,24,26,30,35-36,39,42H,8-15,18,20,22H2,1-7H3/t24-,26+,30-,35-,36+,39+/m1/s1. The monoisotopic (exact) mass is 734 g/mol. The van der Waals surface area contributed by atoms with Crippen molar-refractivity contribution in [2.75, 3.05) is 55.7 Å². The van der Waals surface area contributed by atoms with Crippen LogP contribution < -0.4 is 18.9 Å². The van der Waals surface area contributed by atoms with E-state index in [0.29, 0.717) is 47.8 Å². The van der Waals surface area contributed by atoms with Crippen LogP contribution in [0.5, 0.6) is 23.0 Å². The van der Waals surface area contributed by atoms with Gasteiger partial charge in [-0.1, -0.05) is 32.6 Å². The number of carbonyl (C=O) groups is 3. The van der Waals surface area contributed by atoms with Gasteiger partial charge < -0.3 is 38.1 Å². The Kier molecular flexibility index (Phi) is 12.2. The van der Waals surface area contributed by atoms with Crippen LogP contribution >= 0.6 is 0 Å². The van der Waals surface area contributed by atoms with Crippen LogP contribution in [-0.2, 0) is 25.4 Å². The van der Waals surface area contributed by atoms with E-state index in [1.54, 1.807) is 26.4 Å². The molecule has 1 saturated heterocycles. The van der Waals surface area contributed by atoms with E-state index in [1.165, 1.54) is 46.8 Å². The third-order valence-electron chi connectivity index (χ3n) is 11.7. The van der Waals surface area contributed by atoms with Gasteiger partial charge in [0, 0.05) is 49.3 Å². The second-order valence-corrected chi connectivity index (χ2v) is 14.5. The van der Waals surface area contributed by atoms with Gasteiger partial charge in [0.15, 0.2) is 17.3 Å². The Labute approximate surface area is 311 Å². The number of rotatable bonds is 15. The van der Waals surface area contributed by atoms with E-state index in [4.69, 9.17) is 33.2 Å². The van der Waals surface area contributed by atoms with Crippen LogP contribution in [-0.4, -0.2) is 95.6 Å². The van der Waals surface area contributed by atoms with Gasteiger partial charge in [0.25, 0.3) is 0 Å². The zero-order valence-corrected chi connectivity index (χ0v) is 32.1. The van der Waals surface area contributed by atoms with Crippen LogP contribution in [0.2, 0.25) is 0 Å². The largest absolute Gasteiger partial charge is 0.496 e. The number of Topliss-reactive ketones (excluding diaryl/α,β-unsaturated/α-hetero) is 1. The number of fused-ring (bicyclic) bond motifs is 6. The number of benzene rings is 2. The van der Waals surface area contributed by atoms with E-state index in [9.17, 15) is 14.4 Å². The first-order chi connectivity index (χ1) is 25.7. The van der Waals surface area contributed by atoms with Crippen molar-refractivity contribution in [3.8, 4) is 23.0 Å². The SMILES string of the molecule is CCCCCCCC(=O)c1cc2c3c([nH]c2cc1OC)[C@H]1C[C@H]2[C@H](C[C@@H](OC(=O)c4cc(OC)c(OC)c(OC)c4)[C@H](OC)[C@H]2C(=O)OC)CN1CC3. The molecule has 0 bridgehead atoms. The van der Waals surface area contributed by atoms with Crippen molar-refractivity contribution in [2.24, 2.45) is 17.8 Å². The average molecular weight is 735 g/mol. The van der Waals surface area contributed by atoms with Gasteiger partial charge in [0.2, 0.25) is 5.75 Å². The minimum Gasteiger partial charge on any atom is -0.496 e. The number of ether oxygens (including phenoxy) is 7. The molecular weight excluding hydrogens is 680 g/mol. The van der Waals surface area contributed by atoms with Crippen molar-refractivity contribution < 1.29 is 47.5 Å². The number of esters is 2. The first kappa shape index (κ1) is 38.4. The average Bonchev–Trinajstić information content (AvgIpc) is 3.55. The molecule has 2 aliphatic heterocycles. The highest BCUT2D eigenvalue weighted by atomic mass is 16.6. The second-order valence-electron chi connectivity index (χ2n) is 14.5. The van der Waals surface area contributed by atoms with Gasteiger partial charge in [0.1, 0.15) is 18.0 Å². The van der Waals surface area contributed by atoms with Gasteiger partial charge in [-0.25, -0.2) is 4.79 Å². The molecule has 1 saturated carbocycles. The highest BCUT2D eigenvalue weighted by Gasteiger charge is 2.54. The number of aromatic amines is 1. The Morgan fingerprint density at radius 1 is 0.849 bits per heavy atom. The van der Waals surface area contributed by atoms with E-state index < -0.39 is 24.1 Å². The fourth-order valence-electron chi connectivity index (χ4n) is 9.09. The molecule has 2 aromatic carbocycles. The zero-order chi connectivity index (χ0) is 37.8. The lowest BCUT2D eigenvalue weighted by atomic mass is 9.63. The van der Waals surface area contributed by atoms with Crippen molar-refractivity contribution >= 4 is 28.6 Å². The van der Waals surface area contributed by atoms with E-state index in [0.717, 1.165) is 55.4 Å². The van der Waals surface area contributed by atoms with Crippen molar-refractivity contribution in [3.05, 3.63) is 46.6 Å². The molecule has 1 aliphatic carbocycles. The van der Waals surface area contributed by atoms with Crippen LogP contribution in [0.15, 0.2) is 24.3 Å². The summed E-state index contributed by atoms with van der Waals surface area (Å²) < 4.78 is 39.6. The van der Waals surface area contributed by atoms with Gasteiger partial charge in [-0.3, -0.25) is 14.5 Å². The lowest BCUT2D eigenvalue weighted by Gasteiger charge is -2.52. The minimum absolute atomic E-state index is 0.0269. The summed E-state index contributed by atoms with van der Waals surface area (Å²) in [5.74, 6) is 0.0697. The number of unbranched alkanes of at least 4 members (excludes halogenated alkanes) is 4. The number of H-pyrrole nitrogens is 1. The summed E-state index contributed by atoms with van der Waals surface area (Å²) in [5.41, 5.74) is 4.13. The maximum Gasteiger partial charge on any atom is 0.338 e. The molecule has 3 aromatic rings. The fraction of sp³-hybridized carbons (Fsp3) is 0.585. The van der Waals surface area contributed by atoms with E-state index in [-0.39, 0.29) is 35.2 Å². The molecule has 12 heteroatoms. The molecule has 0 radical (unpaired) electrons. The minimum atomic E-state index is -0.716. The summed E-state index contributed by atoms with van der Waals surface area (Å²) in [5, 5.41) is 1.05. The van der Waals surface area contributed by atoms with Gasteiger partial charge in [0.05, 0.1) is 58.6 Å². The maximum absolute atomic E-state index is 13.7. The normalized spacial score (nSPS) is 23.7. The summed E-state index contributed by atoms with van der Waals surface area (Å²) in [6.07, 6.45) is 6.56. The maximum atomic E-state index is 13.7. The molecule has 53 heavy (non-hydrogen) atoms. The third kappa shape index (κ3) is 7.45. The van der Waals surface area contributed by atoms with Crippen molar-refractivity contribution in [3.63, 3.8) is 0 Å². The quantitative estimate of drug-likeness (QED) is 0.101. The molecule has 1 aromatic heterocycles. The molecule has 0 amide bonds. The van der Waals surface area contributed by atoms with Gasteiger partial charge in [-0.2, -0.15) is 0 Å². The highest BCUT2D eigenvalue weighted by Crippen LogP contribution is 2.51. The second kappa shape index (κ2) is 16.8. The number of methoxy groups -OCH3 is 6. The van der Waals surface area contributed by atoms with Crippen LogP contribution in [0.25, 0.3) is 10.9 Å². The zero-order valence-electron chi connectivity index (χ0n) is 32.1. The molecule has 3 heterocycles. The van der Waals surface area contributed by atoms with Gasteiger partial charge in [-0.05, 0) is 61.3 Å². The highest BCUT2D eigenvalue weighted by molar-refractivity contribution is 6.03. The summed E-state index contributed by atoms with van der Waals surface area (Å²) in [6.45, 7) is 3.73. The van der Waals surface area contributed by atoms with Gasteiger partial charge in [-0.15, -0.1) is 0 Å². The number of aromatic nitrogens is 1. The first-order valence-electron chi connectivity index (χ1n) is 18.8. The van der Waals surface area contributed by atoms with E-state index in [1.807, 2.05) is 12.1 Å². The number of hydrogen-bond donors (Lipinski definition) is 1. The number of piperidine rings is 1. The molecule has 1 N–H and O–H groups in total. The molecule has 0 unspecified atom stereocenters. The summed E-state index contributed by atoms with van der Waals surface area (Å²) in [4.78, 5) is 46.9. The Morgan fingerprint density at radius 2 is 1.57 bits per heavy atom. The topological polar surface area (TPSA) is 135 Å². The summed E-state index contributed by atoms with van der Waals surface area (Å²) >= 11 is 0. The Morgan fingerprint density at radius 3 is 2.21 bits per heavy atom. The Hall–Kier alpha value is -4.29. The number of ketones is 1. The molecule has 288 valence electrons. The molecule has 0 spiro atoms. The molecule has 6 rings (SSSR count). The number of nitrogens with one attached hydrogen (secondary N) is 1. The lowest BCUT2D eigenvalue weighted by Crippen LogP contribution is -2.58. The van der Waals surface area contributed by atoms with E-state index >= 15 is 0 Å². The molecule has 12 nitrogen and oxygen atoms in total. The van der Waals surface area contributed by atoms with E-state index in [2.05, 4.69) is 16.8 Å². The summed E-state index contributed by atoms with van der Waals surface area (Å²) in [6, 6.07) is 7.10.